The molecule has 1 aliphatic carbocycles. The fourth-order valence-electron chi connectivity index (χ4n) is 3.38. The van der Waals surface area contributed by atoms with Crippen LogP contribution in [0.25, 0.3) is 0 Å². The Morgan fingerprint density at radius 3 is 2.89 bits per heavy atom. The molecule has 104 valence electrons. The van der Waals surface area contributed by atoms with Gasteiger partial charge in [-0.25, -0.2) is 0 Å². The summed E-state index contributed by atoms with van der Waals surface area (Å²) in [5.74, 6) is -0.632. The molecule has 3 nitrogen and oxygen atoms in total. The van der Waals surface area contributed by atoms with Gasteiger partial charge in [-0.2, -0.15) is 0 Å². The van der Waals surface area contributed by atoms with Crippen molar-refractivity contribution in [1.82, 2.24) is 4.90 Å². The molecule has 1 aromatic heterocycles. The Bertz CT molecular complexity index is 474. The van der Waals surface area contributed by atoms with Crippen LogP contribution in [0.15, 0.2) is 11.4 Å². The molecule has 4 heteroatoms. The Hall–Kier alpha value is -0.870. The van der Waals surface area contributed by atoms with E-state index < -0.39 is 11.4 Å². The van der Waals surface area contributed by atoms with Gasteiger partial charge in [-0.1, -0.05) is 0 Å². The molecule has 0 saturated carbocycles. The molecule has 1 atom stereocenters. The first-order chi connectivity index (χ1) is 9.10. The number of hydrogen-bond acceptors (Lipinski definition) is 3. The lowest BCUT2D eigenvalue weighted by atomic mass is 9.79. The maximum atomic E-state index is 11.3. The molecule has 1 unspecified atom stereocenters. The van der Waals surface area contributed by atoms with Gasteiger partial charge in [0.25, 0.3) is 0 Å². The summed E-state index contributed by atoms with van der Waals surface area (Å²) in [5, 5.41) is 11.5. The number of piperidine rings is 1. The van der Waals surface area contributed by atoms with Crippen molar-refractivity contribution in [3.8, 4) is 0 Å². The van der Waals surface area contributed by atoms with Gasteiger partial charge in [0.1, 0.15) is 0 Å². The summed E-state index contributed by atoms with van der Waals surface area (Å²) in [7, 11) is 0. The number of thiophene rings is 1. The summed E-state index contributed by atoms with van der Waals surface area (Å²) in [4.78, 5) is 15.4. The highest BCUT2D eigenvalue weighted by Crippen LogP contribution is 2.41. The van der Waals surface area contributed by atoms with Gasteiger partial charge in [-0.3, -0.25) is 9.69 Å². The van der Waals surface area contributed by atoms with Crippen molar-refractivity contribution >= 4 is 17.3 Å². The zero-order valence-corrected chi connectivity index (χ0v) is 12.2. The summed E-state index contributed by atoms with van der Waals surface area (Å²) in [6, 6.07) is 2.81. The fourth-order valence-corrected chi connectivity index (χ4v) is 4.37. The zero-order chi connectivity index (χ0) is 13.5. The van der Waals surface area contributed by atoms with E-state index in [9.17, 15) is 9.90 Å². The van der Waals surface area contributed by atoms with Crippen LogP contribution in [0.4, 0.5) is 0 Å². The summed E-state index contributed by atoms with van der Waals surface area (Å²) >= 11 is 1.88. The van der Waals surface area contributed by atoms with Gasteiger partial charge in [0.05, 0.1) is 5.41 Å². The van der Waals surface area contributed by atoms with Gasteiger partial charge in [0, 0.05) is 10.9 Å². The van der Waals surface area contributed by atoms with Crippen LogP contribution in [0, 0.1) is 5.41 Å². The first-order valence-electron chi connectivity index (χ1n) is 7.14. The van der Waals surface area contributed by atoms with Crippen LogP contribution in [0.5, 0.6) is 0 Å². The minimum atomic E-state index is -0.632. The number of likely N-dealkylation sites (tertiary alicyclic amines) is 1. The standard InChI is InChI=1S/C15H21NO2S/c1-15(14(17)18)6-8-16(9-7-15)12-3-2-4-13-11(12)5-10-19-13/h5,10,12H,2-4,6-9H2,1H3,(H,17,18). The molecule has 19 heavy (non-hydrogen) atoms. The molecule has 1 aliphatic heterocycles. The number of carbonyl (C=O) groups is 1. The minimum Gasteiger partial charge on any atom is -0.481 e. The molecule has 0 radical (unpaired) electrons. The van der Waals surface area contributed by atoms with E-state index in [1.54, 1.807) is 4.88 Å². The van der Waals surface area contributed by atoms with E-state index in [0.717, 1.165) is 25.9 Å². The summed E-state index contributed by atoms with van der Waals surface area (Å²) in [6.07, 6.45) is 5.28. The lowest BCUT2D eigenvalue weighted by molar-refractivity contribution is -0.151. The number of hydrogen-bond donors (Lipinski definition) is 1. The van der Waals surface area contributed by atoms with Crippen molar-refractivity contribution in [3.05, 3.63) is 21.9 Å². The highest BCUT2D eigenvalue weighted by Gasteiger charge is 2.39. The third-order valence-electron chi connectivity index (χ3n) is 4.88. The van der Waals surface area contributed by atoms with E-state index in [2.05, 4.69) is 16.3 Å². The Kier molecular flexibility index (Phi) is 3.39. The molecule has 1 N–H and O–H groups in total. The number of rotatable bonds is 2. The monoisotopic (exact) mass is 279 g/mol. The molecule has 0 aromatic carbocycles. The van der Waals surface area contributed by atoms with Gasteiger partial charge >= 0.3 is 5.97 Å². The maximum Gasteiger partial charge on any atom is 0.309 e. The van der Waals surface area contributed by atoms with Gasteiger partial charge in [0.15, 0.2) is 0 Å². The fraction of sp³-hybridized carbons (Fsp3) is 0.667. The topological polar surface area (TPSA) is 40.5 Å². The first kappa shape index (κ1) is 13.1. The molecule has 0 amide bonds. The highest BCUT2D eigenvalue weighted by atomic mass is 32.1. The number of fused-ring (bicyclic) bond motifs is 1. The van der Waals surface area contributed by atoms with Crippen molar-refractivity contribution in [2.45, 2.75) is 45.1 Å². The van der Waals surface area contributed by atoms with E-state index in [-0.39, 0.29) is 0 Å². The van der Waals surface area contributed by atoms with Gasteiger partial charge in [0.2, 0.25) is 0 Å². The summed E-state index contributed by atoms with van der Waals surface area (Å²) in [5.41, 5.74) is 0.998. The first-order valence-corrected chi connectivity index (χ1v) is 8.02. The van der Waals surface area contributed by atoms with Crippen LogP contribution >= 0.6 is 11.3 Å². The van der Waals surface area contributed by atoms with Gasteiger partial charge < -0.3 is 5.11 Å². The quantitative estimate of drug-likeness (QED) is 0.903. The second-order valence-electron chi connectivity index (χ2n) is 6.11. The predicted molar refractivity (Wildman–Crippen MR) is 76.5 cm³/mol. The van der Waals surface area contributed by atoms with Crippen molar-refractivity contribution in [3.63, 3.8) is 0 Å². The largest absolute Gasteiger partial charge is 0.481 e. The predicted octanol–water partition coefficient (Wildman–Crippen LogP) is 3.31. The van der Waals surface area contributed by atoms with Crippen LogP contribution in [-0.4, -0.2) is 29.1 Å². The van der Waals surface area contributed by atoms with Crippen LogP contribution in [-0.2, 0) is 11.2 Å². The van der Waals surface area contributed by atoms with Crippen molar-refractivity contribution in [2.75, 3.05) is 13.1 Å². The molecule has 1 fully saturated rings. The summed E-state index contributed by atoms with van der Waals surface area (Å²) < 4.78 is 0. The average Bonchev–Trinajstić information content (AvgIpc) is 2.87. The van der Waals surface area contributed by atoms with Crippen LogP contribution in [0.3, 0.4) is 0 Å². The number of carboxylic acids is 1. The molecule has 1 aromatic rings. The van der Waals surface area contributed by atoms with Crippen molar-refractivity contribution < 1.29 is 9.90 Å². The molecular formula is C15H21NO2S. The van der Waals surface area contributed by atoms with Crippen LogP contribution < -0.4 is 0 Å². The molecule has 2 aliphatic rings. The zero-order valence-electron chi connectivity index (χ0n) is 11.4. The van der Waals surface area contributed by atoms with E-state index >= 15 is 0 Å². The average molecular weight is 279 g/mol. The molecule has 0 spiro atoms. The Morgan fingerprint density at radius 1 is 1.47 bits per heavy atom. The molecule has 0 bridgehead atoms. The van der Waals surface area contributed by atoms with E-state index in [4.69, 9.17) is 0 Å². The van der Waals surface area contributed by atoms with E-state index in [1.807, 2.05) is 18.3 Å². The third-order valence-corrected chi connectivity index (χ3v) is 5.88. The number of nitrogens with zero attached hydrogens (tertiary/aromatic N) is 1. The van der Waals surface area contributed by atoms with Crippen LogP contribution in [0.1, 0.15) is 49.1 Å². The Labute approximate surface area is 118 Å². The molecule has 1 saturated heterocycles. The second kappa shape index (κ2) is 4.91. The smallest absolute Gasteiger partial charge is 0.309 e. The maximum absolute atomic E-state index is 11.3. The number of aryl methyl sites for hydroxylation is 1. The minimum absolute atomic E-state index is 0.511. The van der Waals surface area contributed by atoms with E-state index in [1.165, 1.54) is 24.8 Å². The summed E-state index contributed by atoms with van der Waals surface area (Å²) in [6.45, 7) is 3.73. The molecular weight excluding hydrogens is 258 g/mol. The van der Waals surface area contributed by atoms with Gasteiger partial charge in [-0.05, 0) is 69.1 Å². The van der Waals surface area contributed by atoms with E-state index in [0.29, 0.717) is 6.04 Å². The molecule has 2 heterocycles. The number of carboxylic acid groups (broad SMARTS) is 1. The van der Waals surface area contributed by atoms with Crippen LogP contribution in [0.2, 0.25) is 0 Å². The molecule has 3 rings (SSSR count). The Balaban J connectivity index is 1.72. The van der Waals surface area contributed by atoms with Gasteiger partial charge in [-0.15, -0.1) is 11.3 Å². The second-order valence-corrected chi connectivity index (χ2v) is 7.11. The lowest BCUT2D eigenvalue weighted by Crippen LogP contribution is -2.44. The number of aliphatic carboxylic acids is 1. The normalized spacial score (nSPS) is 26.9. The lowest BCUT2D eigenvalue weighted by Gasteiger charge is -2.42. The van der Waals surface area contributed by atoms with Crippen molar-refractivity contribution in [2.24, 2.45) is 5.41 Å². The highest BCUT2D eigenvalue weighted by molar-refractivity contribution is 7.10. The SMILES string of the molecule is CC1(C(=O)O)CCN(C2CCCc3sccc32)CC1. The third kappa shape index (κ3) is 2.32. The Morgan fingerprint density at radius 2 is 2.21 bits per heavy atom. The van der Waals surface area contributed by atoms with Crippen molar-refractivity contribution in [1.29, 1.82) is 0 Å².